The molecule has 2 nitrogen and oxygen atoms in total. The molecule has 1 heterocycles. The number of hydrogen-bond acceptors (Lipinski definition) is 2. The summed E-state index contributed by atoms with van der Waals surface area (Å²) < 4.78 is 6.27. The Kier molecular flexibility index (Phi) is 8.33. The van der Waals surface area contributed by atoms with Gasteiger partial charge in [-0.2, -0.15) is 0 Å². The molecule has 0 amide bonds. The summed E-state index contributed by atoms with van der Waals surface area (Å²) in [4.78, 5) is 2.45. The highest BCUT2D eigenvalue weighted by Crippen LogP contribution is 2.48. The number of fused-ring (bicyclic) bond motifs is 5. The minimum absolute atomic E-state index is 0.288. The fourth-order valence-corrected chi connectivity index (χ4v) is 9.13. The van der Waals surface area contributed by atoms with E-state index in [4.69, 9.17) is 4.42 Å². The van der Waals surface area contributed by atoms with Crippen molar-refractivity contribution in [3.05, 3.63) is 230 Å². The first-order chi connectivity index (χ1) is 28.8. The lowest BCUT2D eigenvalue weighted by molar-refractivity contribution is 0.669. The van der Waals surface area contributed by atoms with Crippen LogP contribution in [0, 0.1) is 11.8 Å². The number of anilines is 3. The van der Waals surface area contributed by atoms with E-state index in [0.29, 0.717) is 5.92 Å². The highest BCUT2D eigenvalue weighted by atomic mass is 16.3. The quantitative estimate of drug-likeness (QED) is 0.162. The Labute approximate surface area is 338 Å². The highest BCUT2D eigenvalue weighted by molar-refractivity contribution is 6.07. The van der Waals surface area contributed by atoms with Crippen molar-refractivity contribution in [3.63, 3.8) is 0 Å². The lowest BCUT2D eigenvalue weighted by Crippen LogP contribution is -2.16. The van der Waals surface area contributed by atoms with E-state index in [0.717, 1.165) is 50.1 Å². The third-order valence-electron chi connectivity index (χ3n) is 11.9. The van der Waals surface area contributed by atoms with Gasteiger partial charge in [0.2, 0.25) is 0 Å². The molecule has 0 saturated carbocycles. The van der Waals surface area contributed by atoms with E-state index >= 15 is 0 Å². The number of nitrogens with zero attached hydrogens (tertiary/aromatic N) is 1. The molecule has 11 rings (SSSR count). The van der Waals surface area contributed by atoms with Crippen molar-refractivity contribution in [2.45, 2.75) is 0 Å². The van der Waals surface area contributed by atoms with Gasteiger partial charge in [0.15, 0.2) is 0 Å². The van der Waals surface area contributed by atoms with E-state index in [1.165, 1.54) is 44.2 Å². The average Bonchev–Trinajstić information content (AvgIpc) is 3.67. The van der Waals surface area contributed by atoms with Gasteiger partial charge in [0, 0.05) is 39.4 Å². The lowest BCUT2D eigenvalue weighted by Gasteiger charge is -2.32. The molecule has 274 valence electrons. The van der Waals surface area contributed by atoms with Gasteiger partial charge in [0.05, 0.1) is 11.4 Å². The molecular formula is C56H39NO. The Bertz CT molecular complexity index is 3130. The maximum atomic E-state index is 6.27. The predicted octanol–water partition coefficient (Wildman–Crippen LogP) is 15.5. The molecule has 1 aromatic heterocycles. The van der Waals surface area contributed by atoms with Gasteiger partial charge in [-0.05, 0) is 86.6 Å². The number of allylic oxidation sites excluding steroid dienone is 8. The van der Waals surface area contributed by atoms with Crippen LogP contribution in [0.3, 0.4) is 0 Å². The summed E-state index contributed by atoms with van der Waals surface area (Å²) in [5, 5.41) is 4.73. The summed E-state index contributed by atoms with van der Waals surface area (Å²) in [5.74, 6) is 0.636. The van der Waals surface area contributed by atoms with Gasteiger partial charge in [0.1, 0.15) is 11.2 Å². The van der Waals surface area contributed by atoms with Crippen LogP contribution in [0.5, 0.6) is 0 Å². The van der Waals surface area contributed by atoms with Crippen LogP contribution < -0.4 is 4.90 Å². The standard InChI is InChI=1S/C56H39NO/c1-3-19-43-38(15-1)17-13-26-44(43)40-31-34-42(35-32-40)57(53-28-10-7-21-46(53)41-33-36-56-52(37-41)51-25-9-12-30-55(51)58-56)54-29-11-8-24-50(54)49-23-6-5-22-48(49)47-27-14-18-39-16-2-4-20-45(39)47/h1-37,39,45H. The third-order valence-corrected chi connectivity index (χ3v) is 11.9. The predicted molar refractivity (Wildman–Crippen MR) is 245 cm³/mol. The number of rotatable bonds is 7. The first-order valence-corrected chi connectivity index (χ1v) is 20.1. The maximum Gasteiger partial charge on any atom is 0.135 e. The first-order valence-electron chi connectivity index (χ1n) is 20.1. The smallest absolute Gasteiger partial charge is 0.135 e. The molecule has 0 bridgehead atoms. The van der Waals surface area contributed by atoms with E-state index in [-0.39, 0.29) is 5.92 Å². The van der Waals surface area contributed by atoms with Crippen molar-refractivity contribution < 1.29 is 4.42 Å². The van der Waals surface area contributed by atoms with Gasteiger partial charge >= 0.3 is 0 Å². The van der Waals surface area contributed by atoms with Crippen LogP contribution in [0.4, 0.5) is 17.1 Å². The molecule has 2 aliphatic rings. The molecule has 0 spiro atoms. The normalized spacial score (nSPS) is 15.8. The van der Waals surface area contributed by atoms with E-state index in [1.54, 1.807) is 0 Å². The summed E-state index contributed by atoms with van der Waals surface area (Å²) in [6.45, 7) is 0. The van der Waals surface area contributed by atoms with Crippen LogP contribution >= 0.6 is 0 Å². The maximum absolute atomic E-state index is 6.27. The van der Waals surface area contributed by atoms with Crippen LogP contribution in [0.2, 0.25) is 0 Å². The summed E-state index contributed by atoms with van der Waals surface area (Å²) in [5.41, 5.74) is 14.7. The van der Waals surface area contributed by atoms with Crippen molar-refractivity contribution in [2.75, 3.05) is 4.90 Å². The van der Waals surface area contributed by atoms with Gasteiger partial charge in [0.25, 0.3) is 0 Å². The van der Waals surface area contributed by atoms with Gasteiger partial charge in [-0.1, -0.05) is 182 Å². The monoisotopic (exact) mass is 741 g/mol. The van der Waals surface area contributed by atoms with Crippen LogP contribution in [0.25, 0.3) is 71.7 Å². The van der Waals surface area contributed by atoms with Crippen LogP contribution in [0.15, 0.2) is 229 Å². The zero-order valence-electron chi connectivity index (χ0n) is 31.9. The minimum atomic E-state index is 0.288. The second kappa shape index (κ2) is 14.3. The Balaban J connectivity index is 1.11. The van der Waals surface area contributed by atoms with Gasteiger partial charge in [-0.3, -0.25) is 0 Å². The summed E-state index contributed by atoms with van der Waals surface area (Å²) in [6, 6.07) is 65.8. The number of benzene rings is 8. The molecule has 0 radical (unpaired) electrons. The van der Waals surface area contributed by atoms with Crippen LogP contribution in [-0.4, -0.2) is 0 Å². The van der Waals surface area contributed by atoms with Crippen molar-refractivity contribution in [1.29, 1.82) is 0 Å². The van der Waals surface area contributed by atoms with Crippen molar-refractivity contribution in [2.24, 2.45) is 11.8 Å². The van der Waals surface area contributed by atoms with Gasteiger partial charge < -0.3 is 9.32 Å². The highest BCUT2D eigenvalue weighted by Gasteiger charge is 2.27. The topological polar surface area (TPSA) is 16.4 Å². The van der Waals surface area contributed by atoms with E-state index in [1.807, 2.05) is 12.1 Å². The molecule has 2 atom stereocenters. The minimum Gasteiger partial charge on any atom is -0.456 e. The summed E-state index contributed by atoms with van der Waals surface area (Å²) >= 11 is 0. The van der Waals surface area contributed by atoms with Crippen molar-refractivity contribution >= 4 is 55.3 Å². The van der Waals surface area contributed by atoms with Crippen molar-refractivity contribution in [3.8, 4) is 33.4 Å². The number of para-hydroxylation sites is 3. The molecule has 0 saturated heterocycles. The molecule has 2 aliphatic carbocycles. The number of hydrogen-bond donors (Lipinski definition) is 0. The van der Waals surface area contributed by atoms with Gasteiger partial charge in [-0.15, -0.1) is 0 Å². The largest absolute Gasteiger partial charge is 0.456 e. The van der Waals surface area contributed by atoms with Crippen LogP contribution in [0.1, 0.15) is 5.56 Å². The molecule has 0 N–H and O–H groups in total. The Morgan fingerprint density at radius 3 is 1.86 bits per heavy atom. The molecule has 9 aromatic rings. The Morgan fingerprint density at radius 1 is 0.397 bits per heavy atom. The molecule has 2 unspecified atom stereocenters. The zero-order chi connectivity index (χ0) is 38.4. The Hall–Kier alpha value is -7.42. The van der Waals surface area contributed by atoms with Crippen molar-refractivity contribution in [1.82, 2.24) is 0 Å². The molecule has 8 aromatic carbocycles. The number of furan rings is 1. The van der Waals surface area contributed by atoms with Crippen LogP contribution in [-0.2, 0) is 0 Å². The second-order valence-electron chi connectivity index (χ2n) is 15.2. The molecule has 0 aliphatic heterocycles. The molecule has 58 heavy (non-hydrogen) atoms. The van der Waals surface area contributed by atoms with Gasteiger partial charge in [-0.25, -0.2) is 0 Å². The molecular weight excluding hydrogens is 703 g/mol. The zero-order valence-corrected chi connectivity index (χ0v) is 31.9. The second-order valence-corrected chi connectivity index (χ2v) is 15.2. The molecule has 0 fully saturated rings. The SMILES string of the molecule is C1=CC2C=CC=C(c3ccccc3-c3ccccc3N(c3ccc(-c4cccc5ccccc45)cc3)c3ccccc3-c3ccc4oc5ccccc5c4c3)C2C=C1. The summed E-state index contributed by atoms with van der Waals surface area (Å²) in [6.07, 6.45) is 15.9. The lowest BCUT2D eigenvalue weighted by atomic mass is 9.75. The summed E-state index contributed by atoms with van der Waals surface area (Å²) in [7, 11) is 0. The Morgan fingerprint density at radius 2 is 1.00 bits per heavy atom. The molecule has 2 heteroatoms. The fraction of sp³-hybridized carbons (Fsp3) is 0.0357. The third kappa shape index (κ3) is 5.81. The van der Waals surface area contributed by atoms with E-state index in [9.17, 15) is 0 Å². The first kappa shape index (κ1) is 33.9. The fourth-order valence-electron chi connectivity index (χ4n) is 9.13. The average molecular weight is 742 g/mol. The van der Waals surface area contributed by atoms with E-state index in [2.05, 4.69) is 217 Å². The van der Waals surface area contributed by atoms with E-state index < -0.39 is 0 Å².